The molecule has 0 unspecified atom stereocenters. The largest absolute Gasteiger partial charge is 0.493 e. The zero-order chi connectivity index (χ0) is 24.8. The van der Waals surface area contributed by atoms with Gasteiger partial charge in [-0.25, -0.2) is 14.4 Å². The number of carbonyl (C=O) groups excluding carboxylic acids is 4. The molecule has 11 nitrogen and oxygen atoms in total. The third kappa shape index (κ3) is 5.20. The quantitative estimate of drug-likeness (QED) is 0.332. The van der Waals surface area contributed by atoms with E-state index in [0.29, 0.717) is 11.3 Å². The van der Waals surface area contributed by atoms with Gasteiger partial charge in [0.25, 0.3) is 5.91 Å². The van der Waals surface area contributed by atoms with E-state index in [4.69, 9.17) is 18.6 Å². The summed E-state index contributed by atoms with van der Waals surface area (Å²) >= 11 is 0. The van der Waals surface area contributed by atoms with Crippen molar-refractivity contribution in [2.24, 2.45) is 0 Å². The smallest absolute Gasteiger partial charge is 0.373 e. The van der Waals surface area contributed by atoms with Crippen molar-refractivity contribution in [3.63, 3.8) is 0 Å². The van der Waals surface area contributed by atoms with Crippen molar-refractivity contribution < 1.29 is 42.5 Å². The first-order valence-corrected chi connectivity index (χ1v) is 10.3. The highest BCUT2D eigenvalue weighted by Crippen LogP contribution is 2.34. The third-order valence-electron chi connectivity index (χ3n) is 4.77. The molecule has 1 fully saturated rings. The van der Waals surface area contributed by atoms with E-state index in [9.17, 15) is 19.2 Å². The van der Waals surface area contributed by atoms with Gasteiger partial charge in [0.1, 0.15) is 11.5 Å². The molecule has 1 N–H and O–H groups in total. The lowest BCUT2D eigenvalue weighted by molar-refractivity contribution is -0.150. The second-order valence-electron chi connectivity index (χ2n) is 7.03. The van der Waals surface area contributed by atoms with E-state index in [0.717, 1.165) is 4.90 Å². The number of imide groups is 1. The van der Waals surface area contributed by atoms with Crippen LogP contribution in [0.25, 0.3) is 6.08 Å². The summed E-state index contributed by atoms with van der Waals surface area (Å²) in [5.74, 6) is -1.15. The van der Waals surface area contributed by atoms with E-state index in [1.54, 1.807) is 25.1 Å². The molecule has 3 amide bonds. The van der Waals surface area contributed by atoms with Crippen LogP contribution in [0.2, 0.25) is 0 Å². The number of amides is 3. The first-order chi connectivity index (χ1) is 16.3. The number of carbonyl (C=O) groups is 4. The van der Waals surface area contributed by atoms with Crippen LogP contribution < -0.4 is 14.8 Å². The first kappa shape index (κ1) is 24.4. The van der Waals surface area contributed by atoms with Gasteiger partial charge in [0, 0.05) is 5.56 Å². The van der Waals surface area contributed by atoms with E-state index in [1.807, 2.05) is 0 Å². The van der Waals surface area contributed by atoms with Crippen molar-refractivity contribution >= 4 is 30.0 Å². The van der Waals surface area contributed by atoms with Gasteiger partial charge in [0.2, 0.25) is 5.76 Å². The fourth-order valence-corrected chi connectivity index (χ4v) is 3.12. The van der Waals surface area contributed by atoms with Crippen LogP contribution in [0.1, 0.15) is 35.7 Å². The number of hydrogen-bond acceptors (Lipinski definition) is 9. The number of furan rings is 1. The summed E-state index contributed by atoms with van der Waals surface area (Å²) in [4.78, 5) is 49.8. The fourth-order valence-electron chi connectivity index (χ4n) is 3.12. The van der Waals surface area contributed by atoms with Crippen LogP contribution in [0.5, 0.6) is 11.5 Å². The Morgan fingerprint density at radius 2 is 1.94 bits per heavy atom. The Kier molecular flexibility index (Phi) is 7.57. The minimum absolute atomic E-state index is 0.0216. The minimum atomic E-state index is -0.943. The SMILES string of the molecule is CCOC(=O)[C@@H](C)Oc1c(/C=C2/NC(=O)N(Cc3ccc(C(=O)OC)o3)C2=O)cccc1OC. The van der Waals surface area contributed by atoms with Crippen molar-refractivity contribution in [3.8, 4) is 11.5 Å². The molecule has 1 aromatic heterocycles. The summed E-state index contributed by atoms with van der Waals surface area (Å²) in [6.45, 7) is 3.21. The molecule has 2 aromatic rings. The Morgan fingerprint density at radius 1 is 1.18 bits per heavy atom. The first-order valence-electron chi connectivity index (χ1n) is 10.3. The Balaban J connectivity index is 1.85. The molecule has 34 heavy (non-hydrogen) atoms. The van der Waals surface area contributed by atoms with Crippen LogP contribution in [0.3, 0.4) is 0 Å². The van der Waals surface area contributed by atoms with Crippen LogP contribution in [-0.4, -0.2) is 55.7 Å². The number of para-hydroxylation sites is 1. The Hall–Kier alpha value is -4.28. The van der Waals surface area contributed by atoms with Crippen molar-refractivity contribution in [1.82, 2.24) is 10.2 Å². The van der Waals surface area contributed by atoms with Crippen molar-refractivity contribution in [3.05, 3.63) is 53.1 Å². The van der Waals surface area contributed by atoms with Crippen molar-refractivity contribution in [2.75, 3.05) is 20.8 Å². The number of esters is 2. The van der Waals surface area contributed by atoms with Crippen molar-refractivity contribution in [1.29, 1.82) is 0 Å². The van der Waals surface area contributed by atoms with Crippen LogP contribution in [0, 0.1) is 0 Å². The van der Waals surface area contributed by atoms with Gasteiger partial charge in [0.05, 0.1) is 27.4 Å². The lowest BCUT2D eigenvalue weighted by Gasteiger charge is -2.17. The predicted molar refractivity (Wildman–Crippen MR) is 117 cm³/mol. The molecule has 3 rings (SSSR count). The topological polar surface area (TPSA) is 134 Å². The average molecular weight is 472 g/mol. The summed E-state index contributed by atoms with van der Waals surface area (Å²) in [7, 11) is 2.65. The molecule has 1 aromatic carbocycles. The molecule has 1 saturated heterocycles. The highest BCUT2D eigenvalue weighted by atomic mass is 16.6. The summed E-state index contributed by atoms with van der Waals surface area (Å²) in [6, 6.07) is 7.13. The highest BCUT2D eigenvalue weighted by molar-refractivity contribution is 6.14. The number of ether oxygens (including phenoxy) is 4. The van der Waals surface area contributed by atoms with Crippen molar-refractivity contribution in [2.45, 2.75) is 26.5 Å². The van der Waals surface area contributed by atoms with Gasteiger partial charge >= 0.3 is 18.0 Å². The second kappa shape index (κ2) is 10.6. The number of hydrogen-bond donors (Lipinski definition) is 1. The van der Waals surface area contributed by atoms with Crippen LogP contribution >= 0.6 is 0 Å². The molecule has 11 heteroatoms. The van der Waals surface area contributed by atoms with Gasteiger partial charge in [-0.05, 0) is 38.1 Å². The Labute approximate surface area is 195 Å². The molecule has 1 atom stereocenters. The molecular formula is C23H24N2O9. The number of nitrogens with zero attached hydrogens (tertiary/aromatic N) is 1. The lowest BCUT2D eigenvalue weighted by Crippen LogP contribution is -2.30. The number of methoxy groups -OCH3 is 2. The maximum Gasteiger partial charge on any atom is 0.373 e. The van der Waals surface area contributed by atoms with E-state index in [2.05, 4.69) is 10.1 Å². The Bertz CT molecular complexity index is 1140. The van der Waals surface area contributed by atoms with Gasteiger partial charge in [0.15, 0.2) is 17.6 Å². The summed E-state index contributed by atoms with van der Waals surface area (Å²) < 4.78 is 26.0. The number of benzene rings is 1. The average Bonchev–Trinajstić information content (AvgIpc) is 3.40. The van der Waals surface area contributed by atoms with E-state index in [-0.39, 0.29) is 36.1 Å². The number of urea groups is 1. The second-order valence-corrected chi connectivity index (χ2v) is 7.03. The summed E-state index contributed by atoms with van der Waals surface area (Å²) in [5.41, 5.74) is 0.374. The molecule has 1 aliphatic rings. The van der Waals surface area contributed by atoms with Gasteiger partial charge in [-0.15, -0.1) is 0 Å². The van der Waals surface area contributed by atoms with E-state index in [1.165, 1.54) is 39.4 Å². The molecule has 0 saturated carbocycles. The molecule has 0 radical (unpaired) electrons. The molecule has 0 aliphatic carbocycles. The monoisotopic (exact) mass is 472 g/mol. The van der Waals surface area contributed by atoms with Gasteiger partial charge < -0.3 is 28.7 Å². The highest BCUT2D eigenvalue weighted by Gasteiger charge is 2.35. The van der Waals surface area contributed by atoms with Gasteiger partial charge in [-0.3, -0.25) is 9.69 Å². The maximum atomic E-state index is 12.9. The zero-order valence-corrected chi connectivity index (χ0v) is 19.1. The van der Waals surface area contributed by atoms with Crippen LogP contribution in [0.15, 0.2) is 40.4 Å². The lowest BCUT2D eigenvalue weighted by atomic mass is 10.1. The predicted octanol–water partition coefficient (Wildman–Crippen LogP) is 2.50. The molecule has 2 heterocycles. The number of nitrogens with one attached hydrogen (secondary N) is 1. The normalized spacial score (nSPS) is 15.2. The van der Waals surface area contributed by atoms with E-state index >= 15 is 0 Å². The fraction of sp³-hybridized carbons (Fsp3) is 0.304. The Morgan fingerprint density at radius 3 is 2.62 bits per heavy atom. The van der Waals surface area contributed by atoms with Crippen LogP contribution in [0.4, 0.5) is 4.79 Å². The van der Waals surface area contributed by atoms with E-state index < -0.39 is 30.0 Å². The summed E-state index contributed by atoms with van der Waals surface area (Å²) in [5, 5.41) is 2.50. The minimum Gasteiger partial charge on any atom is -0.493 e. The summed E-state index contributed by atoms with van der Waals surface area (Å²) in [6.07, 6.45) is 0.472. The van der Waals surface area contributed by atoms with Gasteiger partial charge in [-0.1, -0.05) is 12.1 Å². The maximum absolute atomic E-state index is 12.9. The molecule has 1 aliphatic heterocycles. The third-order valence-corrected chi connectivity index (χ3v) is 4.77. The number of rotatable bonds is 9. The molecule has 180 valence electrons. The molecule has 0 bridgehead atoms. The standard InChI is InChI=1S/C23H24N2O9/c1-5-32-21(27)13(2)33-19-14(7-6-8-17(19)30-3)11-16-20(26)25(23(29)24-16)12-15-9-10-18(34-15)22(28)31-4/h6-11,13H,5,12H2,1-4H3,(H,24,29)/b16-11+/t13-/m1/s1. The van der Waals surface area contributed by atoms with Crippen LogP contribution in [-0.2, 0) is 25.6 Å². The molecular weight excluding hydrogens is 448 g/mol. The zero-order valence-electron chi connectivity index (χ0n) is 19.1. The molecule has 0 spiro atoms. The van der Waals surface area contributed by atoms with Gasteiger partial charge in [-0.2, -0.15) is 0 Å².